The number of aromatic amines is 1. The van der Waals surface area contributed by atoms with Gasteiger partial charge in [-0.1, -0.05) is 6.07 Å². The molecule has 0 bridgehead atoms. The molecule has 7 heteroatoms. The molecule has 0 aliphatic carbocycles. The van der Waals surface area contributed by atoms with Gasteiger partial charge in [0.2, 0.25) is 5.95 Å². The van der Waals surface area contributed by atoms with Gasteiger partial charge in [0, 0.05) is 23.7 Å². The van der Waals surface area contributed by atoms with Crippen molar-refractivity contribution in [2.75, 3.05) is 24.2 Å². The average Bonchev–Trinajstić information content (AvgIpc) is 2.98. The Kier molecular flexibility index (Phi) is 3.18. The maximum atomic E-state index is 8.89. The van der Waals surface area contributed by atoms with Crippen LogP contribution in [0.1, 0.15) is 0 Å². The smallest absolute Gasteiger partial charge is 0.222 e. The maximum Gasteiger partial charge on any atom is 0.222 e. The van der Waals surface area contributed by atoms with E-state index in [2.05, 4.69) is 25.5 Å². The minimum atomic E-state index is 0.0254. The van der Waals surface area contributed by atoms with Crippen LogP contribution in [0.2, 0.25) is 0 Å². The monoisotopic (exact) mass is 270 g/mol. The zero-order valence-corrected chi connectivity index (χ0v) is 10.7. The molecule has 0 fully saturated rings. The number of rotatable bonds is 4. The lowest BCUT2D eigenvalue weighted by Crippen LogP contribution is -2.09. The van der Waals surface area contributed by atoms with Crippen molar-refractivity contribution in [3.05, 3.63) is 30.5 Å². The lowest BCUT2D eigenvalue weighted by Gasteiger charge is -2.09. The van der Waals surface area contributed by atoms with E-state index in [-0.39, 0.29) is 12.6 Å². The number of nitrogens with two attached hydrogens (primary N) is 1. The van der Waals surface area contributed by atoms with Crippen molar-refractivity contribution in [3.63, 3.8) is 0 Å². The third kappa shape index (κ3) is 2.26. The quantitative estimate of drug-likeness (QED) is 0.562. The zero-order valence-electron chi connectivity index (χ0n) is 10.7. The van der Waals surface area contributed by atoms with Crippen LogP contribution < -0.4 is 11.1 Å². The van der Waals surface area contributed by atoms with Gasteiger partial charge in [-0.05, 0) is 18.2 Å². The number of nitrogen functional groups attached to an aromatic ring is 1. The third-order valence-electron chi connectivity index (χ3n) is 2.93. The standard InChI is InChI=1S/C13H14N6O/c14-13-17-11-7-8(10-3-4-16-19-10)1-2-9(11)12(18-13)15-5-6-20/h1-4,7,20H,5-6H2,(H,16,19)(H3,14,15,17,18). The van der Waals surface area contributed by atoms with Crippen molar-refractivity contribution in [1.82, 2.24) is 20.2 Å². The first-order chi connectivity index (χ1) is 9.78. The first kappa shape index (κ1) is 12.4. The van der Waals surface area contributed by atoms with Gasteiger partial charge >= 0.3 is 0 Å². The molecule has 3 aromatic rings. The fourth-order valence-electron chi connectivity index (χ4n) is 2.04. The second-order valence-corrected chi connectivity index (χ2v) is 4.28. The molecule has 0 spiro atoms. The summed E-state index contributed by atoms with van der Waals surface area (Å²) in [6.45, 7) is 0.436. The molecule has 20 heavy (non-hydrogen) atoms. The number of aliphatic hydroxyl groups is 1. The Balaban J connectivity index is 2.10. The number of H-pyrrole nitrogens is 1. The fourth-order valence-corrected chi connectivity index (χ4v) is 2.04. The Morgan fingerprint density at radius 3 is 2.90 bits per heavy atom. The van der Waals surface area contributed by atoms with Crippen molar-refractivity contribution < 1.29 is 5.11 Å². The Labute approximate surface area is 114 Å². The lowest BCUT2D eigenvalue weighted by atomic mass is 10.1. The summed E-state index contributed by atoms with van der Waals surface area (Å²) in [5.74, 6) is 0.817. The largest absolute Gasteiger partial charge is 0.395 e. The van der Waals surface area contributed by atoms with Gasteiger partial charge in [0.15, 0.2) is 0 Å². The van der Waals surface area contributed by atoms with E-state index in [1.165, 1.54) is 0 Å². The second-order valence-electron chi connectivity index (χ2n) is 4.28. The molecule has 0 saturated heterocycles. The normalized spacial score (nSPS) is 10.8. The molecule has 0 unspecified atom stereocenters. The van der Waals surface area contributed by atoms with Crippen LogP contribution >= 0.6 is 0 Å². The zero-order chi connectivity index (χ0) is 13.9. The number of aromatic nitrogens is 4. The van der Waals surface area contributed by atoms with Gasteiger partial charge in [0.1, 0.15) is 5.82 Å². The first-order valence-corrected chi connectivity index (χ1v) is 6.19. The van der Waals surface area contributed by atoms with Gasteiger partial charge in [0.25, 0.3) is 0 Å². The molecule has 5 N–H and O–H groups in total. The van der Waals surface area contributed by atoms with Crippen LogP contribution in [0.3, 0.4) is 0 Å². The summed E-state index contributed by atoms with van der Waals surface area (Å²) < 4.78 is 0. The van der Waals surface area contributed by atoms with E-state index in [0.717, 1.165) is 22.2 Å². The van der Waals surface area contributed by atoms with E-state index in [1.54, 1.807) is 6.20 Å². The summed E-state index contributed by atoms with van der Waals surface area (Å²) in [6.07, 6.45) is 1.70. The van der Waals surface area contributed by atoms with Crippen LogP contribution in [0.4, 0.5) is 11.8 Å². The van der Waals surface area contributed by atoms with E-state index in [0.29, 0.717) is 12.4 Å². The number of hydrogen-bond donors (Lipinski definition) is 4. The number of hydrogen-bond acceptors (Lipinski definition) is 6. The van der Waals surface area contributed by atoms with Crippen molar-refractivity contribution in [1.29, 1.82) is 0 Å². The van der Waals surface area contributed by atoms with Crippen molar-refractivity contribution in [3.8, 4) is 11.3 Å². The number of nitrogens with one attached hydrogen (secondary N) is 2. The van der Waals surface area contributed by atoms with E-state index in [1.807, 2.05) is 24.3 Å². The molecule has 0 aliphatic heterocycles. The predicted molar refractivity (Wildman–Crippen MR) is 77.1 cm³/mol. The van der Waals surface area contributed by atoms with E-state index < -0.39 is 0 Å². The van der Waals surface area contributed by atoms with Gasteiger partial charge in [-0.2, -0.15) is 10.1 Å². The summed E-state index contributed by atoms with van der Waals surface area (Å²) in [5, 5.41) is 19.6. The Bertz CT molecular complexity index is 725. The van der Waals surface area contributed by atoms with Crippen LogP contribution in [0.25, 0.3) is 22.2 Å². The molecular weight excluding hydrogens is 256 g/mol. The SMILES string of the molecule is Nc1nc(NCCO)c2ccc(-c3ccn[nH]3)cc2n1. The average molecular weight is 270 g/mol. The second kappa shape index (κ2) is 5.14. The lowest BCUT2D eigenvalue weighted by molar-refractivity contribution is 0.311. The summed E-state index contributed by atoms with van der Waals surface area (Å²) in [4.78, 5) is 8.40. The van der Waals surface area contributed by atoms with Crippen LogP contribution in [0.15, 0.2) is 30.5 Å². The van der Waals surface area contributed by atoms with Gasteiger partial charge in [-0.25, -0.2) is 4.98 Å². The van der Waals surface area contributed by atoms with Gasteiger partial charge in [-0.3, -0.25) is 5.10 Å². The predicted octanol–water partition coefficient (Wildman–Crippen LogP) is 1.01. The van der Waals surface area contributed by atoms with Crippen LogP contribution in [-0.4, -0.2) is 38.4 Å². The van der Waals surface area contributed by atoms with Crippen molar-refractivity contribution >= 4 is 22.7 Å². The van der Waals surface area contributed by atoms with Gasteiger partial charge in [0.05, 0.1) is 17.8 Å². The third-order valence-corrected chi connectivity index (χ3v) is 2.93. The molecule has 0 saturated carbocycles. The molecule has 3 rings (SSSR count). The number of benzene rings is 1. The summed E-state index contributed by atoms with van der Waals surface area (Å²) >= 11 is 0. The van der Waals surface area contributed by atoms with Gasteiger partial charge < -0.3 is 16.2 Å². The molecule has 0 amide bonds. The molecule has 7 nitrogen and oxygen atoms in total. The number of anilines is 2. The highest BCUT2D eigenvalue weighted by atomic mass is 16.3. The highest BCUT2D eigenvalue weighted by molar-refractivity contribution is 5.92. The number of aliphatic hydroxyl groups excluding tert-OH is 1. The number of fused-ring (bicyclic) bond motifs is 1. The molecule has 0 atom stereocenters. The molecule has 0 aliphatic rings. The fraction of sp³-hybridized carbons (Fsp3) is 0.154. The molecular formula is C13H14N6O. The van der Waals surface area contributed by atoms with Gasteiger partial charge in [-0.15, -0.1) is 0 Å². The van der Waals surface area contributed by atoms with Crippen LogP contribution in [-0.2, 0) is 0 Å². The maximum absolute atomic E-state index is 8.89. The van der Waals surface area contributed by atoms with E-state index in [4.69, 9.17) is 10.8 Å². The van der Waals surface area contributed by atoms with E-state index in [9.17, 15) is 0 Å². The highest BCUT2D eigenvalue weighted by Crippen LogP contribution is 2.26. The topological polar surface area (TPSA) is 113 Å². The van der Waals surface area contributed by atoms with Crippen LogP contribution in [0, 0.1) is 0 Å². The molecule has 2 heterocycles. The Morgan fingerprint density at radius 2 is 2.15 bits per heavy atom. The summed E-state index contributed by atoms with van der Waals surface area (Å²) in [5.41, 5.74) is 8.35. The molecule has 1 aromatic carbocycles. The molecule has 102 valence electrons. The van der Waals surface area contributed by atoms with Crippen LogP contribution in [0.5, 0.6) is 0 Å². The molecule has 0 radical (unpaired) electrons. The minimum Gasteiger partial charge on any atom is -0.395 e. The van der Waals surface area contributed by atoms with E-state index >= 15 is 0 Å². The Morgan fingerprint density at radius 1 is 1.25 bits per heavy atom. The summed E-state index contributed by atoms with van der Waals surface area (Å²) in [7, 11) is 0. The minimum absolute atomic E-state index is 0.0254. The molecule has 2 aromatic heterocycles. The number of nitrogens with zero attached hydrogens (tertiary/aromatic N) is 3. The van der Waals surface area contributed by atoms with Crippen molar-refractivity contribution in [2.24, 2.45) is 0 Å². The van der Waals surface area contributed by atoms with Crippen molar-refractivity contribution in [2.45, 2.75) is 0 Å². The highest BCUT2D eigenvalue weighted by Gasteiger charge is 2.08. The summed E-state index contributed by atoms with van der Waals surface area (Å²) in [6, 6.07) is 7.69. The Hall–Kier alpha value is -2.67. The first-order valence-electron chi connectivity index (χ1n) is 6.19.